The first kappa shape index (κ1) is 18.0. The average Bonchev–Trinajstić information content (AvgIpc) is 3.07. The molecule has 2 fully saturated rings. The third-order valence-electron chi connectivity index (χ3n) is 4.94. The first-order valence-corrected chi connectivity index (χ1v) is 11.2. The minimum Gasteiger partial charge on any atom is -0.292 e. The summed E-state index contributed by atoms with van der Waals surface area (Å²) in [6.07, 6.45) is 4.54. The number of anilines is 2. The van der Waals surface area contributed by atoms with Gasteiger partial charge in [-0.1, -0.05) is 13.3 Å². The molecule has 1 atom stereocenters. The van der Waals surface area contributed by atoms with Gasteiger partial charge in [0.1, 0.15) is 5.82 Å². The lowest BCUT2D eigenvalue weighted by Crippen LogP contribution is -2.23. The number of aromatic amines is 1. The zero-order chi connectivity index (χ0) is 19.0. The minimum absolute atomic E-state index is 0.0643. The molecule has 0 spiro atoms. The molecule has 0 bridgehead atoms. The normalized spacial score (nSPS) is 21.3. The zero-order valence-electron chi connectivity index (χ0n) is 15.2. The van der Waals surface area contributed by atoms with Crippen LogP contribution in [0.3, 0.4) is 0 Å². The highest BCUT2D eigenvalue weighted by molar-refractivity contribution is 7.91. The molecule has 1 unspecified atom stereocenters. The van der Waals surface area contributed by atoms with E-state index in [1.54, 1.807) is 10.7 Å². The summed E-state index contributed by atoms with van der Waals surface area (Å²) in [6.45, 7) is 2.07. The zero-order valence-corrected chi connectivity index (χ0v) is 16.1. The second-order valence-corrected chi connectivity index (χ2v) is 9.57. The van der Waals surface area contributed by atoms with Gasteiger partial charge in [-0.2, -0.15) is 10.2 Å². The van der Waals surface area contributed by atoms with Crippen LogP contribution in [0.5, 0.6) is 0 Å². The van der Waals surface area contributed by atoms with Gasteiger partial charge in [0.2, 0.25) is 0 Å². The van der Waals surface area contributed by atoms with Crippen molar-refractivity contribution in [2.75, 3.05) is 22.1 Å². The number of hydrogen-bond acceptors (Lipinski definition) is 5. The van der Waals surface area contributed by atoms with E-state index < -0.39 is 15.9 Å². The van der Waals surface area contributed by atoms with Gasteiger partial charge in [-0.25, -0.2) is 17.9 Å². The van der Waals surface area contributed by atoms with E-state index in [4.69, 9.17) is 0 Å². The maximum absolute atomic E-state index is 12.4. The number of H-pyrrole nitrogens is 1. The molecule has 27 heavy (non-hydrogen) atoms. The van der Waals surface area contributed by atoms with E-state index in [1.165, 1.54) is 0 Å². The van der Waals surface area contributed by atoms with Gasteiger partial charge in [-0.05, 0) is 25.7 Å². The molecule has 2 aromatic rings. The Morgan fingerprint density at radius 2 is 2.11 bits per heavy atom. The smallest absolute Gasteiger partial charge is 0.292 e. The first-order valence-electron chi connectivity index (χ1n) is 9.35. The first-order chi connectivity index (χ1) is 12.9. The molecule has 2 aliphatic rings. The second-order valence-electron chi connectivity index (χ2n) is 7.34. The third kappa shape index (κ3) is 4.15. The van der Waals surface area contributed by atoms with Gasteiger partial charge in [0.15, 0.2) is 15.7 Å². The molecule has 1 aliphatic carbocycles. The standard InChI is InChI=1S/C17H24N6O3S/c1-2-3-12-8-15(21-20-12)18-17(24)19-16-9-14(11-4-5-11)22-23(16)13-6-7-27(25,26)10-13/h8-9,11,13H,2-7,10H2,1H3,(H3,18,19,20,21,24). The number of hydrogen-bond donors (Lipinski definition) is 3. The highest BCUT2D eigenvalue weighted by atomic mass is 32.2. The second kappa shape index (κ2) is 6.99. The quantitative estimate of drug-likeness (QED) is 0.697. The van der Waals surface area contributed by atoms with E-state index in [2.05, 4.69) is 32.9 Å². The third-order valence-corrected chi connectivity index (χ3v) is 6.69. The Morgan fingerprint density at radius 3 is 2.78 bits per heavy atom. The number of carbonyl (C=O) groups excluding carboxylic acids is 1. The van der Waals surface area contributed by atoms with Crippen molar-refractivity contribution in [2.24, 2.45) is 0 Å². The number of urea groups is 1. The number of rotatable bonds is 6. The maximum Gasteiger partial charge on any atom is 0.326 e. The van der Waals surface area contributed by atoms with Gasteiger partial charge in [0.05, 0.1) is 23.2 Å². The number of carbonyl (C=O) groups is 1. The van der Waals surface area contributed by atoms with Crippen LogP contribution in [0.15, 0.2) is 12.1 Å². The SMILES string of the molecule is CCCc1cc(NC(=O)Nc2cc(C3CC3)nn2C2CCS(=O)(=O)C2)n[nH]1. The Morgan fingerprint density at radius 1 is 1.30 bits per heavy atom. The van der Waals surface area contributed by atoms with Crippen molar-refractivity contribution in [1.29, 1.82) is 0 Å². The number of sulfone groups is 1. The molecule has 9 nitrogen and oxygen atoms in total. The average molecular weight is 392 g/mol. The highest BCUT2D eigenvalue weighted by Crippen LogP contribution is 2.41. The van der Waals surface area contributed by atoms with E-state index in [0.717, 1.165) is 37.1 Å². The molecular weight excluding hydrogens is 368 g/mol. The molecule has 0 radical (unpaired) electrons. The molecule has 2 aromatic heterocycles. The van der Waals surface area contributed by atoms with Crippen LogP contribution < -0.4 is 10.6 Å². The number of nitrogens with one attached hydrogen (secondary N) is 3. The van der Waals surface area contributed by atoms with Gasteiger partial charge in [-0.3, -0.25) is 15.7 Å². The lowest BCUT2D eigenvalue weighted by Gasteiger charge is -2.13. The molecule has 10 heteroatoms. The van der Waals surface area contributed by atoms with E-state index in [1.807, 2.05) is 6.07 Å². The molecule has 1 aliphatic heterocycles. The maximum atomic E-state index is 12.4. The summed E-state index contributed by atoms with van der Waals surface area (Å²) in [4.78, 5) is 12.4. The Kier molecular flexibility index (Phi) is 4.67. The Hall–Kier alpha value is -2.36. The number of amides is 2. The van der Waals surface area contributed by atoms with Crippen LogP contribution in [-0.4, -0.2) is 45.9 Å². The molecule has 1 saturated heterocycles. The summed E-state index contributed by atoms with van der Waals surface area (Å²) >= 11 is 0. The van der Waals surface area contributed by atoms with E-state index in [9.17, 15) is 13.2 Å². The van der Waals surface area contributed by atoms with Crippen molar-refractivity contribution < 1.29 is 13.2 Å². The van der Waals surface area contributed by atoms with Crippen molar-refractivity contribution in [3.8, 4) is 0 Å². The Bertz CT molecular complexity index is 944. The summed E-state index contributed by atoms with van der Waals surface area (Å²) in [5.41, 5.74) is 1.88. The predicted molar refractivity (Wildman–Crippen MR) is 102 cm³/mol. The fourth-order valence-electron chi connectivity index (χ4n) is 3.42. The molecule has 1 saturated carbocycles. The number of nitrogens with zero attached hydrogens (tertiary/aromatic N) is 3. The van der Waals surface area contributed by atoms with Gasteiger partial charge in [0, 0.05) is 23.7 Å². The monoisotopic (exact) mass is 392 g/mol. The fraction of sp³-hybridized carbons (Fsp3) is 0.588. The molecule has 0 aromatic carbocycles. The van der Waals surface area contributed by atoms with Crippen molar-refractivity contribution in [2.45, 2.75) is 51.0 Å². The van der Waals surface area contributed by atoms with Gasteiger partial charge in [0.25, 0.3) is 0 Å². The lowest BCUT2D eigenvalue weighted by atomic mass is 10.2. The molecule has 2 amide bonds. The largest absolute Gasteiger partial charge is 0.326 e. The Labute approximate surface area is 157 Å². The summed E-state index contributed by atoms with van der Waals surface area (Å²) in [5.74, 6) is 1.62. The molecule has 4 rings (SSSR count). The topological polar surface area (TPSA) is 122 Å². The summed E-state index contributed by atoms with van der Waals surface area (Å²) in [7, 11) is -3.04. The van der Waals surface area contributed by atoms with Crippen LogP contribution in [0.4, 0.5) is 16.4 Å². The van der Waals surface area contributed by atoms with Crippen molar-refractivity contribution in [3.63, 3.8) is 0 Å². The van der Waals surface area contributed by atoms with E-state index in [0.29, 0.717) is 24.0 Å². The highest BCUT2D eigenvalue weighted by Gasteiger charge is 2.34. The molecule has 3 N–H and O–H groups in total. The van der Waals surface area contributed by atoms with Crippen molar-refractivity contribution in [1.82, 2.24) is 20.0 Å². The predicted octanol–water partition coefficient (Wildman–Crippen LogP) is 2.44. The van der Waals surface area contributed by atoms with Gasteiger partial charge >= 0.3 is 6.03 Å². The minimum atomic E-state index is -3.04. The fourth-order valence-corrected chi connectivity index (χ4v) is 5.11. The number of aryl methyl sites for hydroxylation is 1. The molecule has 3 heterocycles. The van der Waals surface area contributed by atoms with Crippen molar-refractivity contribution >= 4 is 27.5 Å². The van der Waals surface area contributed by atoms with Crippen molar-refractivity contribution in [3.05, 3.63) is 23.5 Å². The Balaban J connectivity index is 1.49. The summed E-state index contributed by atoms with van der Waals surface area (Å²) in [6, 6.07) is 3.00. The van der Waals surface area contributed by atoms with Gasteiger partial charge < -0.3 is 0 Å². The van der Waals surface area contributed by atoms with E-state index >= 15 is 0 Å². The van der Waals surface area contributed by atoms with Crippen LogP contribution in [-0.2, 0) is 16.3 Å². The lowest BCUT2D eigenvalue weighted by molar-refractivity contribution is 0.262. The van der Waals surface area contributed by atoms with Crippen LogP contribution in [0, 0.1) is 0 Å². The van der Waals surface area contributed by atoms with Crippen LogP contribution in [0.2, 0.25) is 0 Å². The summed E-state index contributed by atoms with van der Waals surface area (Å²) < 4.78 is 25.4. The van der Waals surface area contributed by atoms with Gasteiger partial charge in [-0.15, -0.1) is 0 Å². The van der Waals surface area contributed by atoms with Crippen LogP contribution in [0.25, 0.3) is 0 Å². The van der Waals surface area contributed by atoms with Crippen LogP contribution >= 0.6 is 0 Å². The van der Waals surface area contributed by atoms with Crippen LogP contribution in [0.1, 0.15) is 56.0 Å². The summed E-state index contributed by atoms with van der Waals surface area (Å²) in [5, 5.41) is 17.1. The number of aromatic nitrogens is 4. The molecule has 146 valence electrons. The molecular formula is C17H24N6O3S. The van der Waals surface area contributed by atoms with E-state index in [-0.39, 0.29) is 17.5 Å².